The van der Waals surface area contributed by atoms with Crippen LogP contribution in [-0.4, -0.2) is 35.3 Å². The number of anilines is 1. The Morgan fingerprint density at radius 2 is 2.21 bits per heavy atom. The van der Waals surface area contributed by atoms with E-state index in [9.17, 15) is 4.79 Å². The van der Waals surface area contributed by atoms with E-state index in [1.807, 2.05) is 38.2 Å². The number of carbonyl (C=O) groups excluding carboxylic acids is 1. The fraction of sp³-hybridized carbons (Fsp3) is 0.429. The number of para-hydroxylation sites is 1. The van der Waals surface area contributed by atoms with Gasteiger partial charge in [-0.3, -0.25) is 4.79 Å². The molecular weight excluding hydrogens is 242 g/mol. The molecule has 19 heavy (non-hydrogen) atoms. The largest absolute Gasteiger partial charge is 0.410 e. The van der Waals surface area contributed by atoms with Gasteiger partial charge in [-0.2, -0.15) is 0 Å². The van der Waals surface area contributed by atoms with Gasteiger partial charge in [-0.25, -0.2) is 0 Å². The zero-order valence-corrected chi connectivity index (χ0v) is 11.3. The monoisotopic (exact) mass is 261 g/mol. The van der Waals surface area contributed by atoms with Crippen molar-refractivity contribution in [3.05, 3.63) is 29.8 Å². The molecule has 1 atom stereocenters. The fourth-order valence-corrected chi connectivity index (χ4v) is 2.36. The molecule has 0 aliphatic carbocycles. The molecule has 0 spiro atoms. The number of likely N-dealkylation sites (tertiary alicyclic amines) is 1. The van der Waals surface area contributed by atoms with E-state index < -0.39 is 0 Å². The van der Waals surface area contributed by atoms with Gasteiger partial charge in [-0.15, -0.1) is 0 Å². The first kappa shape index (κ1) is 13.4. The first-order valence-electron chi connectivity index (χ1n) is 6.44. The summed E-state index contributed by atoms with van der Waals surface area (Å²) in [6.07, 6.45) is 0.826. The maximum Gasteiger partial charge on any atom is 0.272 e. The smallest absolute Gasteiger partial charge is 0.272 e. The number of rotatable bonds is 3. The lowest BCUT2D eigenvalue weighted by Gasteiger charge is -2.31. The summed E-state index contributed by atoms with van der Waals surface area (Å²) in [4.78, 5) is 13.9. The summed E-state index contributed by atoms with van der Waals surface area (Å²) in [5, 5.41) is 15.2. The van der Waals surface area contributed by atoms with Crippen molar-refractivity contribution in [2.24, 2.45) is 11.1 Å². The number of nitrogens with zero attached hydrogens (tertiary/aromatic N) is 2. The molecule has 1 aliphatic heterocycles. The first-order valence-corrected chi connectivity index (χ1v) is 6.44. The molecular formula is C14H19N3O2. The summed E-state index contributed by atoms with van der Waals surface area (Å²) in [6, 6.07) is 7.88. The number of piperidine rings is 1. The Hall–Kier alpha value is -2.04. The zero-order valence-electron chi connectivity index (χ0n) is 11.3. The van der Waals surface area contributed by atoms with Crippen LogP contribution in [0.25, 0.3) is 0 Å². The second kappa shape index (κ2) is 5.73. The molecule has 1 aliphatic rings. The quantitative estimate of drug-likeness (QED) is 0.645. The lowest BCUT2D eigenvalue weighted by atomic mass is 9.95. The fourth-order valence-electron chi connectivity index (χ4n) is 2.36. The van der Waals surface area contributed by atoms with Crippen LogP contribution in [0.4, 0.5) is 5.69 Å². The summed E-state index contributed by atoms with van der Waals surface area (Å²) in [5.41, 5.74) is 2.33. The van der Waals surface area contributed by atoms with Crippen LogP contribution in [0, 0.1) is 5.92 Å². The highest BCUT2D eigenvalue weighted by molar-refractivity contribution is 6.39. The Morgan fingerprint density at radius 1 is 1.47 bits per heavy atom. The minimum Gasteiger partial charge on any atom is -0.410 e. The molecule has 5 heteroatoms. The van der Waals surface area contributed by atoms with Gasteiger partial charge in [0.05, 0.1) is 0 Å². The van der Waals surface area contributed by atoms with E-state index in [4.69, 9.17) is 5.21 Å². The average molecular weight is 261 g/mol. The molecule has 1 heterocycles. The van der Waals surface area contributed by atoms with Crippen LogP contribution < -0.4 is 5.32 Å². The van der Waals surface area contributed by atoms with Crippen LogP contribution in [0.5, 0.6) is 0 Å². The van der Waals surface area contributed by atoms with E-state index in [0.29, 0.717) is 13.1 Å². The van der Waals surface area contributed by atoms with E-state index >= 15 is 0 Å². The van der Waals surface area contributed by atoms with E-state index in [2.05, 4.69) is 10.5 Å². The Bertz CT molecular complexity index is 499. The number of carbonyl (C=O) groups is 1. The second-order valence-electron chi connectivity index (χ2n) is 4.81. The van der Waals surface area contributed by atoms with Crippen LogP contribution in [0.3, 0.4) is 0 Å². The third-order valence-corrected chi connectivity index (χ3v) is 3.56. The van der Waals surface area contributed by atoms with Crippen molar-refractivity contribution in [3.63, 3.8) is 0 Å². The summed E-state index contributed by atoms with van der Waals surface area (Å²) in [7, 11) is 1.86. The van der Waals surface area contributed by atoms with Crippen LogP contribution in [0.1, 0.15) is 18.9 Å². The lowest BCUT2D eigenvalue weighted by Crippen LogP contribution is -2.45. The van der Waals surface area contributed by atoms with Gasteiger partial charge in [0.15, 0.2) is 0 Å². The van der Waals surface area contributed by atoms with Gasteiger partial charge < -0.3 is 15.4 Å². The van der Waals surface area contributed by atoms with Crippen molar-refractivity contribution in [1.29, 1.82) is 0 Å². The van der Waals surface area contributed by atoms with Gasteiger partial charge in [0.25, 0.3) is 5.91 Å². The zero-order chi connectivity index (χ0) is 13.8. The Kier molecular flexibility index (Phi) is 4.04. The Balaban J connectivity index is 2.17. The van der Waals surface area contributed by atoms with Crippen LogP contribution in [0.15, 0.2) is 29.4 Å². The standard InChI is InChI=1S/C14H19N3O2/c1-10-7-8-17(14(18)13(10)16-19)9-11-5-3-4-6-12(11)15-2/h3-6,10,15,19H,7-9H2,1-2H3/b16-13+. The summed E-state index contributed by atoms with van der Waals surface area (Å²) in [5.74, 6) is -0.152. The number of amides is 1. The number of hydrogen-bond acceptors (Lipinski definition) is 4. The number of oxime groups is 1. The van der Waals surface area contributed by atoms with Gasteiger partial charge >= 0.3 is 0 Å². The highest BCUT2D eigenvalue weighted by Gasteiger charge is 2.30. The van der Waals surface area contributed by atoms with Crippen molar-refractivity contribution in [2.45, 2.75) is 19.9 Å². The van der Waals surface area contributed by atoms with Crippen molar-refractivity contribution in [2.75, 3.05) is 18.9 Å². The molecule has 1 saturated heterocycles. The molecule has 1 fully saturated rings. The van der Waals surface area contributed by atoms with Gasteiger partial charge in [0.2, 0.25) is 0 Å². The average Bonchev–Trinajstić information content (AvgIpc) is 2.43. The number of benzene rings is 1. The molecule has 2 N–H and O–H groups in total. The molecule has 0 radical (unpaired) electrons. The van der Waals surface area contributed by atoms with E-state index in [1.54, 1.807) is 4.90 Å². The predicted molar refractivity (Wildman–Crippen MR) is 74.4 cm³/mol. The maximum absolute atomic E-state index is 12.2. The minimum atomic E-state index is -0.174. The second-order valence-corrected chi connectivity index (χ2v) is 4.81. The molecule has 102 valence electrons. The van der Waals surface area contributed by atoms with Crippen LogP contribution in [-0.2, 0) is 11.3 Å². The lowest BCUT2D eigenvalue weighted by molar-refractivity contribution is -0.126. The first-order chi connectivity index (χ1) is 9.17. The normalized spacial score (nSPS) is 21.8. The van der Waals surface area contributed by atoms with Crippen molar-refractivity contribution in [1.82, 2.24) is 4.90 Å². The molecule has 1 aromatic rings. The number of hydrogen-bond donors (Lipinski definition) is 2. The Morgan fingerprint density at radius 3 is 2.89 bits per heavy atom. The van der Waals surface area contributed by atoms with Crippen LogP contribution >= 0.6 is 0 Å². The van der Waals surface area contributed by atoms with Crippen LogP contribution in [0.2, 0.25) is 0 Å². The molecule has 0 saturated carbocycles. The van der Waals surface area contributed by atoms with Crippen molar-refractivity contribution >= 4 is 17.3 Å². The third-order valence-electron chi connectivity index (χ3n) is 3.56. The van der Waals surface area contributed by atoms with Gasteiger partial charge in [-0.1, -0.05) is 30.3 Å². The predicted octanol–water partition coefficient (Wildman–Crippen LogP) is 1.93. The van der Waals surface area contributed by atoms with E-state index in [0.717, 1.165) is 17.7 Å². The summed E-state index contributed by atoms with van der Waals surface area (Å²) >= 11 is 0. The molecule has 1 unspecified atom stereocenters. The summed E-state index contributed by atoms with van der Waals surface area (Å²) in [6.45, 7) is 3.13. The highest BCUT2D eigenvalue weighted by Crippen LogP contribution is 2.21. The Labute approximate surface area is 112 Å². The third kappa shape index (κ3) is 2.70. The van der Waals surface area contributed by atoms with Gasteiger partial charge in [-0.05, 0) is 18.1 Å². The molecule has 1 amide bonds. The van der Waals surface area contributed by atoms with Crippen molar-refractivity contribution < 1.29 is 10.0 Å². The maximum atomic E-state index is 12.2. The number of nitrogens with one attached hydrogen (secondary N) is 1. The molecule has 5 nitrogen and oxygen atoms in total. The van der Waals surface area contributed by atoms with Gasteiger partial charge in [0, 0.05) is 31.7 Å². The summed E-state index contributed by atoms with van der Waals surface area (Å²) < 4.78 is 0. The SMILES string of the molecule is CNc1ccccc1CN1CCC(C)/C(=N\O)C1=O. The van der Waals surface area contributed by atoms with Crippen molar-refractivity contribution in [3.8, 4) is 0 Å². The van der Waals surface area contributed by atoms with E-state index in [1.165, 1.54) is 0 Å². The minimum absolute atomic E-state index is 0.0216. The molecule has 0 bridgehead atoms. The molecule has 0 aromatic heterocycles. The molecule has 1 aromatic carbocycles. The highest BCUT2D eigenvalue weighted by atomic mass is 16.4. The topological polar surface area (TPSA) is 64.9 Å². The van der Waals surface area contributed by atoms with E-state index in [-0.39, 0.29) is 17.5 Å². The molecule has 2 rings (SSSR count). The van der Waals surface area contributed by atoms with Gasteiger partial charge in [0.1, 0.15) is 5.71 Å².